The van der Waals surface area contributed by atoms with Crippen LogP contribution in [-0.2, 0) is 20.7 Å². The normalized spacial score (nSPS) is 18.0. The average Bonchev–Trinajstić information content (AvgIpc) is 3.84. The van der Waals surface area contributed by atoms with Gasteiger partial charge in [0.15, 0.2) is 23.0 Å². The Morgan fingerprint density at radius 3 is 0.927 bits per heavy atom. The van der Waals surface area contributed by atoms with Crippen LogP contribution in [0.3, 0.4) is 0 Å². The van der Waals surface area contributed by atoms with E-state index in [-0.39, 0.29) is 6.42 Å². The lowest BCUT2D eigenvalue weighted by atomic mass is 9.77. The molecular formula is C47H42N2O6. The van der Waals surface area contributed by atoms with Crippen LogP contribution in [0.2, 0.25) is 0 Å². The molecule has 276 valence electrons. The van der Waals surface area contributed by atoms with E-state index in [1.54, 1.807) is 28.4 Å². The molecule has 8 rings (SSSR count). The number of rotatable bonds is 12. The van der Waals surface area contributed by atoms with E-state index in [9.17, 15) is 0 Å². The Morgan fingerprint density at radius 2 is 0.673 bits per heavy atom. The van der Waals surface area contributed by atoms with Gasteiger partial charge in [-0.1, -0.05) is 109 Å². The van der Waals surface area contributed by atoms with E-state index in [4.69, 9.17) is 38.4 Å². The molecule has 0 aromatic heterocycles. The highest BCUT2D eigenvalue weighted by Gasteiger charge is 2.54. The summed E-state index contributed by atoms with van der Waals surface area (Å²) in [6, 6.07) is 51.6. The lowest BCUT2D eigenvalue weighted by molar-refractivity contribution is 0.0871. The molecule has 0 spiro atoms. The molecular weight excluding hydrogens is 689 g/mol. The third-order valence-corrected chi connectivity index (χ3v) is 10.5. The zero-order valence-corrected chi connectivity index (χ0v) is 31.2. The standard InChI is InChI=1S/C47H42N2O6/c1-50-38-23-15-34(16-24-38)46(35-17-25-39(51-2)26-18-35)44(32-11-7-5-8-12-32)48-42(54-46)31-43-49-45(33-13-9-6-10-14-33)47(55-43,36-19-27-40(52-3)28-20-36)37-21-29-41(53-4)30-22-37/h5-30,44-45H,31H2,1-4H3/t44-,45-/m1/s1. The maximum Gasteiger partial charge on any atom is 0.195 e. The van der Waals surface area contributed by atoms with E-state index in [0.717, 1.165) is 56.4 Å². The Balaban J connectivity index is 1.26. The molecule has 0 saturated heterocycles. The molecule has 0 N–H and O–H groups in total. The van der Waals surface area contributed by atoms with Gasteiger partial charge >= 0.3 is 0 Å². The number of hydrogen-bond donors (Lipinski definition) is 0. The highest BCUT2D eigenvalue weighted by atomic mass is 16.5. The molecule has 6 aromatic rings. The van der Waals surface area contributed by atoms with Gasteiger partial charge in [0.2, 0.25) is 0 Å². The molecule has 0 saturated carbocycles. The van der Waals surface area contributed by atoms with Crippen molar-refractivity contribution in [2.75, 3.05) is 28.4 Å². The fraction of sp³-hybridized carbons (Fsp3) is 0.191. The fourth-order valence-electron chi connectivity index (χ4n) is 7.74. The third kappa shape index (κ3) is 6.43. The van der Waals surface area contributed by atoms with E-state index >= 15 is 0 Å². The number of nitrogens with zero attached hydrogens (tertiary/aromatic N) is 2. The Morgan fingerprint density at radius 1 is 0.400 bits per heavy atom. The lowest BCUT2D eigenvalue weighted by Gasteiger charge is -2.36. The van der Waals surface area contributed by atoms with Gasteiger partial charge in [-0.05, 0) is 59.7 Å². The highest BCUT2D eigenvalue weighted by molar-refractivity contribution is 5.99. The first-order valence-corrected chi connectivity index (χ1v) is 18.2. The van der Waals surface area contributed by atoms with Crippen LogP contribution in [0.15, 0.2) is 168 Å². The van der Waals surface area contributed by atoms with Gasteiger partial charge in [0.25, 0.3) is 0 Å². The van der Waals surface area contributed by atoms with Crippen LogP contribution in [0.1, 0.15) is 51.9 Å². The van der Waals surface area contributed by atoms with Crippen molar-refractivity contribution < 1.29 is 28.4 Å². The molecule has 0 fully saturated rings. The van der Waals surface area contributed by atoms with Gasteiger partial charge in [-0.15, -0.1) is 0 Å². The summed E-state index contributed by atoms with van der Waals surface area (Å²) >= 11 is 0. The Labute approximate surface area is 321 Å². The highest BCUT2D eigenvalue weighted by Crippen LogP contribution is 2.54. The van der Waals surface area contributed by atoms with E-state index in [1.807, 2.05) is 133 Å². The van der Waals surface area contributed by atoms with Crippen LogP contribution in [0.25, 0.3) is 0 Å². The summed E-state index contributed by atoms with van der Waals surface area (Å²) in [6.07, 6.45) is 0.217. The second-order valence-electron chi connectivity index (χ2n) is 13.4. The monoisotopic (exact) mass is 730 g/mol. The molecule has 0 bridgehead atoms. The fourth-order valence-corrected chi connectivity index (χ4v) is 7.74. The topological polar surface area (TPSA) is 80.1 Å². The van der Waals surface area contributed by atoms with E-state index < -0.39 is 23.3 Å². The molecule has 2 heterocycles. The Kier molecular flexibility index (Phi) is 9.72. The first kappa shape index (κ1) is 35.5. The Hall–Kier alpha value is -6.54. The van der Waals surface area contributed by atoms with Crippen LogP contribution in [0.5, 0.6) is 23.0 Å². The van der Waals surface area contributed by atoms with Crippen LogP contribution in [0, 0.1) is 0 Å². The number of benzene rings is 6. The van der Waals surface area contributed by atoms with E-state index in [0.29, 0.717) is 11.8 Å². The minimum atomic E-state index is -1.03. The predicted molar refractivity (Wildman–Crippen MR) is 214 cm³/mol. The van der Waals surface area contributed by atoms with Crippen molar-refractivity contribution in [3.8, 4) is 23.0 Å². The van der Waals surface area contributed by atoms with E-state index in [2.05, 4.69) is 24.3 Å². The summed E-state index contributed by atoms with van der Waals surface area (Å²) in [5.41, 5.74) is 3.65. The third-order valence-electron chi connectivity index (χ3n) is 10.5. The molecule has 0 amide bonds. The molecule has 55 heavy (non-hydrogen) atoms. The number of ether oxygens (including phenoxy) is 6. The van der Waals surface area contributed by atoms with E-state index in [1.165, 1.54) is 0 Å². The molecule has 8 heteroatoms. The molecule has 8 nitrogen and oxygen atoms in total. The summed E-state index contributed by atoms with van der Waals surface area (Å²) in [4.78, 5) is 10.8. The lowest BCUT2D eigenvalue weighted by Crippen LogP contribution is -2.35. The van der Waals surface area contributed by atoms with Gasteiger partial charge in [-0.25, -0.2) is 9.98 Å². The zero-order valence-electron chi connectivity index (χ0n) is 31.2. The van der Waals surface area contributed by atoms with Crippen molar-refractivity contribution in [2.45, 2.75) is 29.7 Å². The summed E-state index contributed by atoms with van der Waals surface area (Å²) < 4.78 is 36.7. The molecule has 0 aliphatic carbocycles. The second-order valence-corrected chi connectivity index (χ2v) is 13.4. The number of methoxy groups -OCH3 is 4. The van der Waals surface area contributed by atoms with Crippen LogP contribution in [-0.4, -0.2) is 40.2 Å². The molecule has 6 aromatic carbocycles. The van der Waals surface area contributed by atoms with Crippen LogP contribution < -0.4 is 18.9 Å². The van der Waals surface area contributed by atoms with Crippen molar-refractivity contribution in [3.05, 3.63) is 191 Å². The van der Waals surface area contributed by atoms with Gasteiger partial charge in [0.05, 0.1) is 34.9 Å². The molecule has 0 radical (unpaired) electrons. The summed E-state index contributed by atoms with van der Waals surface area (Å²) in [6.45, 7) is 0. The van der Waals surface area contributed by atoms with Crippen molar-refractivity contribution >= 4 is 11.8 Å². The summed E-state index contributed by atoms with van der Waals surface area (Å²) in [5, 5.41) is 0. The van der Waals surface area contributed by atoms with Gasteiger partial charge in [-0.3, -0.25) is 0 Å². The Bertz CT molecular complexity index is 2010. The first-order chi connectivity index (χ1) is 27.0. The molecule has 2 aliphatic heterocycles. The maximum absolute atomic E-state index is 7.25. The van der Waals surface area contributed by atoms with Gasteiger partial charge in [0.1, 0.15) is 35.1 Å². The van der Waals surface area contributed by atoms with Gasteiger partial charge < -0.3 is 28.4 Å². The van der Waals surface area contributed by atoms with Crippen LogP contribution in [0.4, 0.5) is 0 Å². The molecule has 2 aliphatic rings. The minimum absolute atomic E-state index is 0.217. The largest absolute Gasteiger partial charge is 0.497 e. The molecule has 0 unspecified atom stereocenters. The SMILES string of the molecule is COc1ccc(C2(c3ccc(OC)cc3)OC(CC3=N[C@H](c4ccccc4)C(c4ccc(OC)cc4)(c4ccc(OC)cc4)O3)=N[C@@H]2c2ccccc2)cc1. The first-order valence-electron chi connectivity index (χ1n) is 18.2. The quantitative estimate of drug-likeness (QED) is 0.125. The summed E-state index contributed by atoms with van der Waals surface area (Å²) in [5.74, 6) is 4.00. The maximum atomic E-state index is 7.25. The van der Waals surface area contributed by atoms with Crippen molar-refractivity contribution in [3.63, 3.8) is 0 Å². The zero-order chi connectivity index (χ0) is 37.8. The predicted octanol–water partition coefficient (Wildman–Crippen LogP) is 9.64. The number of aliphatic imine (C=N–C) groups is 2. The average molecular weight is 731 g/mol. The smallest absolute Gasteiger partial charge is 0.195 e. The van der Waals surface area contributed by atoms with Crippen molar-refractivity contribution in [2.24, 2.45) is 9.98 Å². The van der Waals surface area contributed by atoms with Gasteiger partial charge in [-0.2, -0.15) is 0 Å². The van der Waals surface area contributed by atoms with Crippen LogP contribution >= 0.6 is 0 Å². The van der Waals surface area contributed by atoms with Crippen molar-refractivity contribution in [1.29, 1.82) is 0 Å². The van der Waals surface area contributed by atoms with Crippen molar-refractivity contribution in [1.82, 2.24) is 0 Å². The minimum Gasteiger partial charge on any atom is -0.497 e. The van der Waals surface area contributed by atoms with Gasteiger partial charge in [0, 0.05) is 22.3 Å². The number of hydrogen-bond acceptors (Lipinski definition) is 8. The summed E-state index contributed by atoms with van der Waals surface area (Å²) in [7, 11) is 6.66. The second kappa shape index (κ2) is 15.1. The molecule has 2 atom stereocenters.